The average molecular weight is 488 g/mol. The summed E-state index contributed by atoms with van der Waals surface area (Å²) in [4.78, 5) is 17.3. The number of hydrogen-bond donors (Lipinski definition) is 1. The molecule has 1 fully saturated rings. The summed E-state index contributed by atoms with van der Waals surface area (Å²) in [7, 11) is 1.58. The lowest BCUT2D eigenvalue weighted by atomic mass is 10.00. The third-order valence-electron chi connectivity index (χ3n) is 7.53. The molecule has 8 nitrogen and oxygen atoms in total. The second kappa shape index (κ2) is 9.95. The van der Waals surface area contributed by atoms with Crippen LogP contribution in [-0.2, 0) is 37.2 Å². The Balaban J connectivity index is 1.30. The van der Waals surface area contributed by atoms with Gasteiger partial charge in [0.25, 0.3) is 0 Å². The predicted octanol–water partition coefficient (Wildman–Crippen LogP) is 3.15. The van der Waals surface area contributed by atoms with Gasteiger partial charge >= 0.3 is 0 Å². The molecule has 1 saturated heterocycles. The Morgan fingerprint density at radius 3 is 2.56 bits per heavy atom. The van der Waals surface area contributed by atoms with Crippen LogP contribution in [0.4, 0.5) is 11.8 Å². The summed E-state index contributed by atoms with van der Waals surface area (Å²) in [5, 5.41) is 10.6. The number of methoxy groups -OCH3 is 1. The largest absolute Gasteiger partial charge is 0.504 e. The molecule has 0 saturated carbocycles. The lowest BCUT2D eigenvalue weighted by Gasteiger charge is -2.36. The molecule has 3 aliphatic heterocycles. The topological polar surface area (TPSA) is 74.2 Å². The van der Waals surface area contributed by atoms with Crippen LogP contribution in [0.5, 0.6) is 11.5 Å². The fraction of sp³-hybridized carbons (Fsp3) is 0.429. The third-order valence-corrected chi connectivity index (χ3v) is 7.53. The van der Waals surface area contributed by atoms with Gasteiger partial charge in [0.1, 0.15) is 5.82 Å². The van der Waals surface area contributed by atoms with Crippen LogP contribution in [0.2, 0.25) is 0 Å². The van der Waals surface area contributed by atoms with Crippen LogP contribution in [0.1, 0.15) is 27.9 Å². The normalized spacial score (nSPS) is 18.0. The van der Waals surface area contributed by atoms with E-state index >= 15 is 0 Å². The van der Waals surface area contributed by atoms with E-state index in [0.717, 1.165) is 75.1 Å². The van der Waals surface area contributed by atoms with Crippen molar-refractivity contribution in [2.75, 3.05) is 56.3 Å². The first-order chi connectivity index (χ1) is 17.7. The highest BCUT2D eigenvalue weighted by molar-refractivity contribution is 5.55. The highest BCUT2D eigenvalue weighted by Gasteiger charge is 2.29. The minimum Gasteiger partial charge on any atom is -0.504 e. The van der Waals surface area contributed by atoms with Crippen molar-refractivity contribution >= 4 is 11.8 Å². The van der Waals surface area contributed by atoms with Crippen molar-refractivity contribution in [3.05, 3.63) is 70.4 Å². The SMILES string of the molecule is COc1cccc(CN2CCc3nc(N4CCc5ccccc5C4)nc(N4CCOCC4)c3C2)c1O. The van der Waals surface area contributed by atoms with Crippen LogP contribution >= 0.6 is 0 Å². The number of phenolic OH excluding ortho intramolecular Hbond substituents is 1. The van der Waals surface area contributed by atoms with Gasteiger partial charge < -0.3 is 24.4 Å². The van der Waals surface area contributed by atoms with Crippen molar-refractivity contribution in [1.82, 2.24) is 14.9 Å². The van der Waals surface area contributed by atoms with E-state index in [4.69, 9.17) is 19.4 Å². The fourth-order valence-electron chi connectivity index (χ4n) is 5.52. The number of anilines is 2. The first-order valence-electron chi connectivity index (χ1n) is 12.8. The van der Waals surface area contributed by atoms with Crippen LogP contribution in [0.25, 0.3) is 0 Å². The third kappa shape index (κ3) is 4.47. The van der Waals surface area contributed by atoms with E-state index in [1.807, 2.05) is 12.1 Å². The number of morpholine rings is 1. The summed E-state index contributed by atoms with van der Waals surface area (Å²) in [5.74, 6) is 2.60. The van der Waals surface area contributed by atoms with Crippen molar-refractivity contribution in [2.45, 2.75) is 32.5 Å². The Labute approximate surface area is 212 Å². The standard InChI is InChI=1S/C28H33N5O3/c1-35-25-8-4-7-22(26(25)34)17-31-11-10-24-23(19-31)27(32-13-15-36-16-14-32)30-28(29-24)33-12-9-20-5-2-3-6-21(20)18-33/h2-8,34H,9-19H2,1H3. The molecule has 0 unspecified atom stereocenters. The van der Waals surface area contributed by atoms with E-state index in [0.29, 0.717) is 25.5 Å². The summed E-state index contributed by atoms with van der Waals surface area (Å²) in [5.41, 5.74) is 6.01. The molecule has 4 heterocycles. The first-order valence-corrected chi connectivity index (χ1v) is 12.8. The Morgan fingerprint density at radius 1 is 0.889 bits per heavy atom. The fourth-order valence-corrected chi connectivity index (χ4v) is 5.52. The molecular weight excluding hydrogens is 454 g/mol. The van der Waals surface area contributed by atoms with Crippen molar-refractivity contribution in [1.29, 1.82) is 0 Å². The molecule has 3 aromatic rings. The van der Waals surface area contributed by atoms with E-state index in [1.54, 1.807) is 13.2 Å². The quantitative estimate of drug-likeness (QED) is 0.589. The Hall–Kier alpha value is -3.36. The van der Waals surface area contributed by atoms with E-state index in [1.165, 1.54) is 16.7 Å². The number of ether oxygens (including phenoxy) is 2. The monoisotopic (exact) mass is 487 g/mol. The second-order valence-corrected chi connectivity index (χ2v) is 9.74. The molecule has 0 bridgehead atoms. The Morgan fingerprint density at radius 2 is 1.72 bits per heavy atom. The highest BCUT2D eigenvalue weighted by Crippen LogP contribution is 2.34. The van der Waals surface area contributed by atoms with Gasteiger partial charge in [-0.25, -0.2) is 4.98 Å². The zero-order valence-electron chi connectivity index (χ0n) is 20.8. The Bertz CT molecular complexity index is 1240. The lowest BCUT2D eigenvalue weighted by molar-refractivity contribution is 0.122. The predicted molar refractivity (Wildman–Crippen MR) is 139 cm³/mol. The molecule has 2 aromatic carbocycles. The van der Waals surface area contributed by atoms with Gasteiger partial charge in [0.05, 0.1) is 26.0 Å². The van der Waals surface area contributed by atoms with Gasteiger partial charge in [-0.3, -0.25) is 4.90 Å². The molecule has 188 valence electrons. The molecule has 0 radical (unpaired) electrons. The second-order valence-electron chi connectivity index (χ2n) is 9.74. The summed E-state index contributed by atoms with van der Waals surface area (Å²) in [6.45, 7) is 7.16. The average Bonchev–Trinajstić information content (AvgIpc) is 2.94. The molecule has 0 aliphatic carbocycles. The first kappa shape index (κ1) is 23.1. The van der Waals surface area contributed by atoms with Crippen LogP contribution in [0.3, 0.4) is 0 Å². The van der Waals surface area contributed by atoms with Crippen molar-refractivity contribution in [3.8, 4) is 11.5 Å². The summed E-state index contributed by atoms with van der Waals surface area (Å²) < 4.78 is 11.0. The number of benzene rings is 2. The lowest BCUT2D eigenvalue weighted by Crippen LogP contribution is -2.40. The number of fused-ring (bicyclic) bond motifs is 2. The summed E-state index contributed by atoms with van der Waals surface area (Å²) in [6, 6.07) is 14.4. The zero-order valence-corrected chi connectivity index (χ0v) is 20.8. The zero-order chi connectivity index (χ0) is 24.5. The van der Waals surface area contributed by atoms with Gasteiger partial charge in [-0.05, 0) is 23.6 Å². The minimum atomic E-state index is 0.219. The molecule has 0 amide bonds. The number of nitrogens with zero attached hydrogens (tertiary/aromatic N) is 5. The van der Waals surface area contributed by atoms with E-state index < -0.39 is 0 Å². The van der Waals surface area contributed by atoms with Crippen molar-refractivity contribution in [3.63, 3.8) is 0 Å². The maximum atomic E-state index is 10.6. The van der Waals surface area contributed by atoms with E-state index in [-0.39, 0.29) is 5.75 Å². The highest BCUT2D eigenvalue weighted by atomic mass is 16.5. The van der Waals surface area contributed by atoms with Gasteiger partial charge in [0.15, 0.2) is 11.5 Å². The van der Waals surface area contributed by atoms with Crippen molar-refractivity contribution in [2.24, 2.45) is 0 Å². The van der Waals surface area contributed by atoms with Gasteiger partial charge in [-0.2, -0.15) is 4.98 Å². The van der Waals surface area contributed by atoms with Gasteiger partial charge in [-0.1, -0.05) is 36.4 Å². The summed E-state index contributed by atoms with van der Waals surface area (Å²) in [6.07, 6.45) is 1.87. The molecule has 1 N–H and O–H groups in total. The van der Waals surface area contributed by atoms with Crippen LogP contribution in [0, 0.1) is 0 Å². The van der Waals surface area contributed by atoms with E-state index in [9.17, 15) is 5.11 Å². The number of para-hydroxylation sites is 1. The molecule has 6 rings (SSSR count). The molecular formula is C28H33N5O3. The number of phenols is 1. The van der Waals surface area contributed by atoms with Crippen LogP contribution < -0.4 is 14.5 Å². The van der Waals surface area contributed by atoms with Gasteiger partial charge in [0.2, 0.25) is 5.95 Å². The minimum absolute atomic E-state index is 0.219. The molecule has 3 aliphatic rings. The van der Waals surface area contributed by atoms with E-state index in [2.05, 4.69) is 39.0 Å². The Kier molecular flexibility index (Phi) is 6.37. The number of aromatic nitrogens is 2. The maximum Gasteiger partial charge on any atom is 0.227 e. The number of hydrogen-bond acceptors (Lipinski definition) is 8. The van der Waals surface area contributed by atoms with Crippen molar-refractivity contribution < 1.29 is 14.6 Å². The molecule has 0 spiro atoms. The number of rotatable bonds is 5. The maximum absolute atomic E-state index is 10.6. The molecule has 8 heteroatoms. The van der Waals surface area contributed by atoms with Gasteiger partial charge in [-0.15, -0.1) is 0 Å². The van der Waals surface area contributed by atoms with Gasteiger partial charge in [0, 0.05) is 63.4 Å². The molecule has 36 heavy (non-hydrogen) atoms. The van der Waals surface area contributed by atoms with Crippen LogP contribution in [0.15, 0.2) is 42.5 Å². The molecule has 0 atom stereocenters. The molecule has 1 aromatic heterocycles. The van der Waals surface area contributed by atoms with Crippen LogP contribution in [-0.4, -0.2) is 66.5 Å². The smallest absolute Gasteiger partial charge is 0.227 e. The summed E-state index contributed by atoms with van der Waals surface area (Å²) >= 11 is 0. The number of aromatic hydroxyl groups is 1.